The molecule has 3 rings (SSSR count). The third-order valence-corrected chi connectivity index (χ3v) is 3.70. The fourth-order valence-electron chi connectivity index (χ4n) is 2.64. The molecule has 2 aromatic rings. The summed E-state index contributed by atoms with van der Waals surface area (Å²) in [6.07, 6.45) is 0.996. The predicted molar refractivity (Wildman–Crippen MR) is 85.4 cm³/mol. The summed E-state index contributed by atoms with van der Waals surface area (Å²) in [5.41, 5.74) is 1.16. The molecule has 0 fully saturated rings. The maximum absolute atomic E-state index is 12.5. The summed E-state index contributed by atoms with van der Waals surface area (Å²) in [6.45, 7) is 1.62. The molecule has 1 unspecified atom stereocenters. The van der Waals surface area contributed by atoms with E-state index in [2.05, 4.69) is 5.10 Å². The molecule has 4 heteroatoms. The molecule has 0 radical (unpaired) electrons. The lowest BCUT2D eigenvalue weighted by atomic mass is 10.0. The Morgan fingerprint density at radius 3 is 2.36 bits per heavy atom. The Morgan fingerprint density at radius 2 is 1.73 bits per heavy atom. The van der Waals surface area contributed by atoms with Crippen LogP contribution in [0.4, 0.5) is 0 Å². The SMILES string of the molecule is CC1(O)CC(Cc2ccccc2)=NN1C(=O)c1ccccc1. The van der Waals surface area contributed by atoms with Crippen LogP contribution >= 0.6 is 0 Å². The number of aliphatic hydroxyl groups is 1. The van der Waals surface area contributed by atoms with Crippen LogP contribution in [0.15, 0.2) is 65.8 Å². The first-order chi connectivity index (χ1) is 10.6. The number of hydrogen-bond acceptors (Lipinski definition) is 3. The van der Waals surface area contributed by atoms with E-state index in [1.54, 1.807) is 31.2 Å². The van der Waals surface area contributed by atoms with E-state index in [4.69, 9.17) is 0 Å². The van der Waals surface area contributed by atoms with E-state index in [9.17, 15) is 9.90 Å². The van der Waals surface area contributed by atoms with Crippen LogP contribution < -0.4 is 0 Å². The first-order valence-electron chi connectivity index (χ1n) is 7.28. The second-order valence-corrected chi connectivity index (χ2v) is 5.71. The van der Waals surface area contributed by atoms with Crippen LogP contribution in [-0.4, -0.2) is 27.5 Å². The molecule has 0 spiro atoms. The fraction of sp³-hybridized carbons (Fsp3) is 0.222. The van der Waals surface area contributed by atoms with E-state index in [-0.39, 0.29) is 5.91 Å². The van der Waals surface area contributed by atoms with Crippen molar-refractivity contribution in [3.63, 3.8) is 0 Å². The highest BCUT2D eigenvalue weighted by molar-refractivity contribution is 5.98. The molecule has 4 nitrogen and oxygen atoms in total. The van der Waals surface area contributed by atoms with Gasteiger partial charge >= 0.3 is 0 Å². The molecular formula is C18H18N2O2. The molecule has 0 bridgehead atoms. The van der Waals surface area contributed by atoms with Crippen LogP contribution in [0, 0.1) is 0 Å². The molecule has 2 aromatic carbocycles. The van der Waals surface area contributed by atoms with Gasteiger partial charge in [0.1, 0.15) is 0 Å². The van der Waals surface area contributed by atoms with Gasteiger partial charge in [-0.1, -0.05) is 48.5 Å². The van der Waals surface area contributed by atoms with E-state index in [1.807, 2.05) is 36.4 Å². The number of carbonyl (C=O) groups excluding carboxylic acids is 1. The molecule has 0 aliphatic carbocycles. The highest BCUT2D eigenvalue weighted by Gasteiger charge is 2.40. The molecule has 1 N–H and O–H groups in total. The predicted octanol–water partition coefficient (Wildman–Crippen LogP) is 2.84. The molecule has 1 amide bonds. The average molecular weight is 294 g/mol. The Bertz CT molecular complexity index is 694. The Morgan fingerprint density at radius 1 is 1.14 bits per heavy atom. The monoisotopic (exact) mass is 294 g/mol. The maximum atomic E-state index is 12.5. The normalized spacial score (nSPS) is 20.8. The van der Waals surface area contributed by atoms with Gasteiger partial charge in [0.15, 0.2) is 5.72 Å². The maximum Gasteiger partial charge on any atom is 0.276 e. The smallest absolute Gasteiger partial charge is 0.276 e. The molecule has 1 atom stereocenters. The van der Waals surface area contributed by atoms with E-state index in [0.717, 1.165) is 11.3 Å². The minimum absolute atomic E-state index is 0.284. The highest BCUT2D eigenvalue weighted by Crippen LogP contribution is 2.27. The Kier molecular flexibility index (Phi) is 3.77. The first-order valence-corrected chi connectivity index (χ1v) is 7.28. The van der Waals surface area contributed by atoms with Gasteiger partial charge in [-0.05, 0) is 24.6 Å². The van der Waals surface area contributed by atoms with E-state index in [1.165, 1.54) is 5.01 Å². The Balaban J connectivity index is 1.83. The molecular weight excluding hydrogens is 276 g/mol. The summed E-state index contributed by atoms with van der Waals surface area (Å²) < 4.78 is 0. The Hall–Kier alpha value is -2.46. The van der Waals surface area contributed by atoms with Crippen LogP contribution in [0.3, 0.4) is 0 Å². The van der Waals surface area contributed by atoms with Crippen LogP contribution in [0.25, 0.3) is 0 Å². The lowest BCUT2D eigenvalue weighted by Crippen LogP contribution is -2.43. The van der Waals surface area contributed by atoms with Gasteiger partial charge in [0.05, 0.1) is 0 Å². The highest BCUT2D eigenvalue weighted by atomic mass is 16.3. The molecule has 0 saturated heterocycles. The summed E-state index contributed by atoms with van der Waals surface area (Å²) in [5.74, 6) is -0.284. The molecule has 1 aliphatic rings. The minimum Gasteiger partial charge on any atom is -0.369 e. The van der Waals surface area contributed by atoms with Crippen molar-refractivity contribution in [2.24, 2.45) is 5.10 Å². The van der Waals surface area contributed by atoms with Crippen molar-refractivity contribution in [2.45, 2.75) is 25.5 Å². The van der Waals surface area contributed by atoms with Gasteiger partial charge in [-0.15, -0.1) is 0 Å². The standard InChI is InChI=1S/C18H18N2O2/c1-18(22)13-16(12-14-8-4-2-5-9-14)19-20(18)17(21)15-10-6-3-7-11-15/h2-11,22H,12-13H2,1H3. The molecule has 1 heterocycles. The summed E-state index contributed by atoms with van der Waals surface area (Å²) >= 11 is 0. The second-order valence-electron chi connectivity index (χ2n) is 5.71. The second kappa shape index (κ2) is 5.73. The van der Waals surface area contributed by atoms with Gasteiger partial charge in [0.2, 0.25) is 0 Å². The van der Waals surface area contributed by atoms with Crippen molar-refractivity contribution in [2.75, 3.05) is 0 Å². The molecule has 22 heavy (non-hydrogen) atoms. The minimum atomic E-state index is -1.28. The molecule has 0 aromatic heterocycles. The zero-order valence-electron chi connectivity index (χ0n) is 12.4. The lowest BCUT2D eigenvalue weighted by molar-refractivity contribution is -0.0553. The number of nitrogens with zero attached hydrogens (tertiary/aromatic N) is 2. The van der Waals surface area contributed by atoms with E-state index in [0.29, 0.717) is 18.4 Å². The summed E-state index contributed by atoms with van der Waals surface area (Å²) in [6, 6.07) is 18.8. The molecule has 112 valence electrons. The third-order valence-electron chi connectivity index (χ3n) is 3.70. The quantitative estimate of drug-likeness (QED) is 0.946. The lowest BCUT2D eigenvalue weighted by Gasteiger charge is -2.26. The number of carbonyl (C=O) groups is 1. The number of amides is 1. The van der Waals surface area contributed by atoms with Crippen molar-refractivity contribution in [1.29, 1.82) is 0 Å². The van der Waals surface area contributed by atoms with Gasteiger partial charge < -0.3 is 5.11 Å². The average Bonchev–Trinajstić information content (AvgIpc) is 2.82. The zero-order valence-corrected chi connectivity index (χ0v) is 12.4. The van der Waals surface area contributed by atoms with Gasteiger partial charge in [-0.2, -0.15) is 10.1 Å². The summed E-state index contributed by atoms with van der Waals surface area (Å²) in [7, 11) is 0. The van der Waals surface area contributed by atoms with Crippen LogP contribution in [0.1, 0.15) is 29.3 Å². The van der Waals surface area contributed by atoms with Crippen molar-refractivity contribution >= 4 is 11.6 Å². The van der Waals surface area contributed by atoms with Gasteiger partial charge in [0.25, 0.3) is 5.91 Å². The number of rotatable bonds is 3. The largest absolute Gasteiger partial charge is 0.369 e. The van der Waals surface area contributed by atoms with Crippen molar-refractivity contribution in [3.8, 4) is 0 Å². The topological polar surface area (TPSA) is 52.9 Å². The number of hydrogen-bond donors (Lipinski definition) is 1. The van der Waals surface area contributed by atoms with Gasteiger partial charge in [0, 0.05) is 24.1 Å². The van der Waals surface area contributed by atoms with Crippen LogP contribution in [0.5, 0.6) is 0 Å². The first kappa shape index (κ1) is 14.5. The van der Waals surface area contributed by atoms with Crippen LogP contribution in [-0.2, 0) is 6.42 Å². The van der Waals surface area contributed by atoms with E-state index < -0.39 is 5.72 Å². The molecule has 1 aliphatic heterocycles. The van der Waals surface area contributed by atoms with Crippen molar-refractivity contribution in [3.05, 3.63) is 71.8 Å². The third kappa shape index (κ3) is 2.92. The van der Waals surface area contributed by atoms with Gasteiger partial charge in [-0.25, -0.2) is 0 Å². The fourth-order valence-corrected chi connectivity index (χ4v) is 2.64. The van der Waals surface area contributed by atoms with Crippen molar-refractivity contribution < 1.29 is 9.90 Å². The number of hydrazone groups is 1. The van der Waals surface area contributed by atoms with Crippen molar-refractivity contribution in [1.82, 2.24) is 5.01 Å². The van der Waals surface area contributed by atoms with Gasteiger partial charge in [-0.3, -0.25) is 4.79 Å². The van der Waals surface area contributed by atoms with Crippen LogP contribution in [0.2, 0.25) is 0 Å². The Labute approximate surface area is 129 Å². The summed E-state index contributed by atoms with van der Waals surface area (Å²) in [4.78, 5) is 12.5. The van der Waals surface area contributed by atoms with E-state index >= 15 is 0 Å². The zero-order chi connectivity index (χ0) is 15.6. The number of benzene rings is 2. The summed E-state index contributed by atoms with van der Waals surface area (Å²) in [5, 5.41) is 16.1. The molecule has 0 saturated carbocycles.